The number of carbonyl (C=O) groups excluding carboxylic acids is 1. The standard InChI is InChI=1S/C9H10N2O4/c12-7-3-1-6(2-4-7)11-8(13)5-10-9(14)15/h1-4,10,12H,5H2,(H,11,13)(H,14,15). The number of anilines is 1. The molecular formula is C9H10N2O4. The van der Waals surface area contributed by atoms with Gasteiger partial charge < -0.3 is 20.8 Å². The van der Waals surface area contributed by atoms with E-state index in [0.29, 0.717) is 5.69 Å². The van der Waals surface area contributed by atoms with E-state index in [2.05, 4.69) is 5.32 Å². The fraction of sp³-hybridized carbons (Fsp3) is 0.111. The highest BCUT2D eigenvalue weighted by Gasteiger charge is 2.03. The van der Waals surface area contributed by atoms with Crippen LogP contribution >= 0.6 is 0 Å². The van der Waals surface area contributed by atoms with Crippen molar-refractivity contribution in [2.24, 2.45) is 0 Å². The van der Waals surface area contributed by atoms with E-state index in [1.807, 2.05) is 5.32 Å². The summed E-state index contributed by atoms with van der Waals surface area (Å²) in [4.78, 5) is 21.2. The molecule has 80 valence electrons. The molecule has 0 saturated carbocycles. The second kappa shape index (κ2) is 4.85. The van der Waals surface area contributed by atoms with E-state index in [0.717, 1.165) is 0 Å². The number of phenols is 1. The monoisotopic (exact) mass is 210 g/mol. The lowest BCUT2D eigenvalue weighted by atomic mass is 10.3. The minimum Gasteiger partial charge on any atom is -0.508 e. The molecule has 0 radical (unpaired) electrons. The van der Waals surface area contributed by atoms with Crippen LogP contribution in [0.25, 0.3) is 0 Å². The molecule has 0 saturated heterocycles. The van der Waals surface area contributed by atoms with Crippen molar-refractivity contribution >= 4 is 17.7 Å². The van der Waals surface area contributed by atoms with Gasteiger partial charge >= 0.3 is 6.09 Å². The molecule has 1 rings (SSSR count). The first kappa shape index (κ1) is 10.8. The molecule has 0 aliphatic carbocycles. The maximum absolute atomic E-state index is 11.1. The van der Waals surface area contributed by atoms with E-state index in [1.54, 1.807) is 0 Å². The van der Waals surface area contributed by atoms with E-state index in [1.165, 1.54) is 24.3 Å². The summed E-state index contributed by atoms with van der Waals surface area (Å²) in [6.45, 7) is -0.309. The van der Waals surface area contributed by atoms with Crippen LogP contribution in [-0.2, 0) is 4.79 Å². The van der Waals surface area contributed by atoms with Gasteiger partial charge in [-0.2, -0.15) is 0 Å². The Kier molecular flexibility index (Phi) is 3.50. The summed E-state index contributed by atoms with van der Waals surface area (Å²) in [5.74, 6) is -0.375. The zero-order chi connectivity index (χ0) is 11.3. The van der Waals surface area contributed by atoms with Crippen LogP contribution in [0.2, 0.25) is 0 Å². The number of benzene rings is 1. The summed E-state index contributed by atoms with van der Waals surface area (Å²) in [6, 6.07) is 5.85. The van der Waals surface area contributed by atoms with Crippen LogP contribution in [0.15, 0.2) is 24.3 Å². The molecule has 0 bridgehead atoms. The number of amides is 2. The van der Waals surface area contributed by atoms with Gasteiger partial charge in [0.2, 0.25) is 5.91 Å². The summed E-state index contributed by atoms with van der Waals surface area (Å²) in [6.07, 6.45) is -1.25. The van der Waals surface area contributed by atoms with Gasteiger partial charge in [-0.1, -0.05) is 0 Å². The Morgan fingerprint density at radius 1 is 1.20 bits per heavy atom. The highest BCUT2D eigenvalue weighted by molar-refractivity contribution is 5.93. The molecular weight excluding hydrogens is 200 g/mol. The lowest BCUT2D eigenvalue weighted by molar-refractivity contribution is -0.115. The lowest BCUT2D eigenvalue weighted by Gasteiger charge is -2.04. The van der Waals surface area contributed by atoms with Gasteiger partial charge in [-0.25, -0.2) is 4.79 Å². The SMILES string of the molecule is O=C(O)NCC(=O)Nc1ccc(O)cc1. The molecule has 0 heterocycles. The van der Waals surface area contributed by atoms with Crippen LogP contribution in [0.1, 0.15) is 0 Å². The maximum Gasteiger partial charge on any atom is 0.405 e. The number of hydrogen-bond donors (Lipinski definition) is 4. The van der Waals surface area contributed by atoms with Crippen molar-refractivity contribution < 1.29 is 19.8 Å². The average molecular weight is 210 g/mol. The first-order chi connectivity index (χ1) is 7.08. The van der Waals surface area contributed by atoms with Crippen molar-refractivity contribution in [3.05, 3.63) is 24.3 Å². The van der Waals surface area contributed by atoms with Crippen LogP contribution in [0.3, 0.4) is 0 Å². The highest BCUT2D eigenvalue weighted by atomic mass is 16.4. The molecule has 6 nitrogen and oxygen atoms in total. The van der Waals surface area contributed by atoms with Crippen molar-refractivity contribution in [3.63, 3.8) is 0 Å². The number of phenolic OH excluding ortho intramolecular Hbond substituents is 1. The number of carboxylic acid groups (broad SMARTS) is 1. The minimum absolute atomic E-state index is 0.0941. The molecule has 15 heavy (non-hydrogen) atoms. The van der Waals surface area contributed by atoms with Gasteiger partial charge in [0.05, 0.1) is 0 Å². The molecule has 1 aromatic carbocycles. The first-order valence-corrected chi connectivity index (χ1v) is 4.13. The van der Waals surface area contributed by atoms with Crippen molar-refractivity contribution in [2.75, 3.05) is 11.9 Å². The van der Waals surface area contributed by atoms with E-state index < -0.39 is 12.0 Å². The second-order valence-electron chi connectivity index (χ2n) is 2.75. The van der Waals surface area contributed by atoms with Gasteiger partial charge in [0.1, 0.15) is 12.3 Å². The minimum atomic E-state index is -1.25. The van der Waals surface area contributed by atoms with Crippen LogP contribution < -0.4 is 10.6 Å². The fourth-order valence-electron chi connectivity index (χ4n) is 0.906. The van der Waals surface area contributed by atoms with Crippen LogP contribution in [0.4, 0.5) is 10.5 Å². The summed E-state index contributed by atoms with van der Waals surface area (Å²) >= 11 is 0. The van der Waals surface area contributed by atoms with Gasteiger partial charge in [0.25, 0.3) is 0 Å². The largest absolute Gasteiger partial charge is 0.508 e. The Morgan fingerprint density at radius 2 is 1.80 bits per heavy atom. The van der Waals surface area contributed by atoms with Gasteiger partial charge in [-0.15, -0.1) is 0 Å². The van der Waals surface area contributed by atoms with Crippen LogP contribution in [0.5, 0.6) is 5.75 Å². The van der Waals surface area contributed by atoms with E-state index in [-0.39, 0.29) is 12.3 Å². The molecule has 0 aromatic heterocycles. The summed E-state index contributed by atoms with van der Waals surface area (Å²) in [5.41, 5.74) is 0.491. The molecule has 2 amide bonds. The molecule has 0 unspecified atom stereocenters. The number of hydrogen-bond acceptors (Lipinski definition) is 3. The number of carbonyl (C=O) groups is 2. The molecule has 1 aromatic rings. The third-order valence-corrected chi connectivity index (χ3v) is 1.55. The second-order valence-corrected chi connectivity index (χ2v) is 2.75. The molecule has 0 aliphatic heterocycles. The maximum atomic E-state index is 11.1. The van der Waals surface area contributed by atoms with Crippen molar-refractivity contribution in [1.29, 1.82) is 0 Å². The third kappa shape index (κ3) is 3.99. The average Bonchev–Trinajstić information content (AvgIpc) is 2.19. The summed E-state index contributed by atoms with van der Waals surface area (Å²) < 4.78 is 0. The number of rotatable bonds is 3. The van der Waals surface area contributed by atoms with Gasteiger partial charge in [0.15, 0.2) is 0 Å². The fourth-order valence-corrected chi connectivity index (χ4v) is 0.906. The zero-order valence-electron chi connectivity index (χ0n) is 7.73. The number of nitrogens with one attached hydrogen (secondary N) is 2. The smallest absolute Gasteiger partial charge is 0.405 e. The van der Waals surface area contributed by atoms with Gasteiger partial charge in [-0.3, -0.25) is 4.79 Å². The lowest BCUT2D eigenvalue weighted by Crippen LogP contribution is -2.31. The summed E-state index contributed by atoms with van der Waals surface area (Å²) in [7, 11) is 0. The van der Waals surface area contributed by atoms with E-state index >= 15 is 0 Å². The third-order valence-electron chi connectivity index (χ3n) is 1.55. The van der Waals surface area contributed by atoms with E-state index in [9.17, 15) is 9.59 Å². The Bertz CT molecular complexity index is 361. The Balaban J connectivity index is 2.44. The Morgan fingerprint density at radius 3 is 2.33 bits per heavy atom. The number of aromatic hydroxyl groups is 1. The molecule has 0 aliphatic rings. The van der Waals surface area contributed by atoms with Crippen molar-refractivity contribution in [3.8, 4) is 5.75 Å². The Labute approximate surface area is 85.5 Å². The van der Waals surface area contributed by atoms with Gasteiger partial charge in [0, 0.05) is 5.69 Å². The normalized spacial score (nSPS) is 9.33. The van der Waals surface area contributed by atoms with Crippen LogP contribution in [-0.4, -0.2) is 28.8 Å². The van der Waals surface area contributed by atoms with Crippen LogP contribution in [0, 0.1) is 0 Å². The topological polar surface area (TPSA) is 98.7 Å². The molecule has 0 fully saturated rings. The quantitative estimate of drug-likeness (QED) is 0.549. The predicted octanol–water partition coefficient (Wildman–Crippen LogP) is 0.598. The summed E-state index contributed by atoms with van der Waals surface area (Å²) in [5, 5.41) is 21.6. The zero-order valence-corrected chi connectivity index (χ0v) is 7.73. The van der Waals surface area contributed by atoms with Crippen molar-refractivity contribution in [1.82, 2.24) is 5.32 Å². The highest BCUT2D eigenvalue weighted by Crippen LogP contribution is 2.13. The van der Waals surface area contributed by atoms with E-state index in [4.69, 9.17) is 10.2 Å². The molecule has 4 N–H and O–H groups in total. The van der Waals surface area contributed by atoms with Crippen molar-refractivity contribution in [2.45, 2.75) is 0 Å². The molecule has 6 heteroatoms. The Hall–Kier alpha value is -2.24. The first-order valence-electron chi connectivity index (χ1n) is 4.13. The predicted molar refractivity (Wildman–Crippen MR) is 52.8 cm³/mol. The molecule has 0 atom stereocenters. The molecule has 0 spiro atoms. The van der Waals surface area contributed by atoms with Gasteiger partial charge in [-0.05, 0) is 24.3 Å².